The quantitative estimate of drug-likeness (QED) is 0.345. The topological polar surface area (TPSA) is 123 Å². The average molecular weight is 525 g/mol. The lowest BCUT2D eigenvalue weighted by Gasteiger charge is -2.24. The predicted octanol–water partition coefficient (Wildman–Crippen LogP) is 4.05. The summed E-state index contributed by atoms with van der Waals surface area (Å²) in [6, 6.07) is 20.7. The molecule has 0 aliphatic heterocycles. The van der Waals surface area contributed by atoms with Crippen LogP contribution in [0, 0.1) is 0 Å². The normalized spacial score (nSPS) is 10.5. The first-order valence-electron chi connectivity index (χ1n) is 11.6. The molecule has 0 bridgehead atoms. The minimum Gasteiger partial charge on any atom is -0.489 e. The lowest BCUT2D eigenvalue weighted by molar-refractivity contribution is -0.117. The standard InChI is InChI=1S/C27H29ClN4O5/c1-18(2)37-24-13-10-21(14-23(24)28)26(34)31-32(27(35)30-15-25(29)33)16-19-8-11-22(12-9-19)36-17-20-6-4-3-5-7-20/h3-14,18H,15-17H2,1-2H3,(H2,29,33)(H,30,35)(H,31,34). The van der Waals surface area contributed by atoms with Crippen molar-refractivity contribution in [3.05, 3.63) is 94.5 Å². The number of nitrogens with zero attached hydrogens (tertiary/aromatic N) is 1. The third-order valence-electron chi connectivity index (χ3n) is 4.96. The van der Waals surface area contributed by atoms with Crippen LogP contribution in [0.15, 0.2) is 72.8 Å². The van der Waals surface area contributed by atoms with Crippen molar-refractivity contribution < 1.29 is 23.9 Å². The van der Waals surface area contributed by atoms with Crippen molar-refractivity contribution in [1.29, 1.82) is 0 Å². The van der Waals surface area contributed by atoms with Gasteiger partial charge in [0.05, 0.1) is 24.2 Å². The minimum atomic E-state index is -0.716. The van der Waals surface area contributed by atoms with E-state index in [2.05, 4.69) is 10.7 Å². The molecular weight excluding hydrogens is 496 g/mol. The minimum absolute atomic E-state index is 0.0115. The number of hydrazine groups is 1. The molecule has 0 aliphatic rings. The smallest absolute Gasteiger partial charge is 0.336 e. The maximum atomic E-state index is 12.9. The van der Waals surface area contributed by atoms with Crippen LogP contribution in [0.5, 0.6) is 11.5 Å². The molecule has 0 aliphatic carbocycles. The number of carbonyl (C=O) groups excluding carboxylic acids is 3. The van der Waals surface area contributed by atoms with Gasteiger partial charge in [-0.15, -0.1) is 0 Å². The van der Waals surface area contributed by atoms with Gasteiger partial charge in [-0.2, -0.15) is 0 Å². The molecule has 3 rings (SSSR count). The number of hydrogen-bond acceptors (Lipinski definition) is 5. The number of hydrogen-bond donors (Lipinski definition) is 3. The maximum Gasteiger partial charge on any atom is 0.336 e. The zero-order chi connectivity index (χ0) is 26.8. The van der Waals surface area contributed by atoms with Crippen LogP contribution < -0.4 is 25.9 Å². The Morgan fingerprint density at radius 1 is 0.973 bits per heavy atom. The molecule has 0 spiro atoms. The van der Waals surface area contributed by atoms with E-state index in [0.717, 1.165) is 10.6 Å². The SMILES string of the molecule is CC(C)Oc1ccc(C(=O)NN(Cc2ccc(OCc3ccccc3)cc2)C(=O)NCC(N)=O)cc1Cl. The number of halogens is 1. The first-order valence-corrected chi connectivity index (χ1v) is 12.0. The van der Waals surface area contributed by atoms with E-state index >= 15 is 0 Å². The first kappa shape index (κ1) is 27.3. The highest BCUT2D eigenvalue weighted by molar-refractivity contribution is 6.32. The third-order valence-corrected chi connectivity index (χ3v) is 5.26. The van der Waals surface area contributed by atoms with Gasteiger partial charge in [0.15, 0.2) is 0 Å². The zero-order valence-electron chi connectivity index (χ0n) is 20.6. The lowest BCUT2D eigenvalue weighted by Crippen LogP contribution is -2.51. The molecule has 0 atom stereocenters. The fourth-order valence-corrected chi connectivity index (χ4v) is 3.44. The molecular formula is C27H29ClN4O5. The Morgan fingerprint density at radius 2 is 1.68 bits per heavy atom. The Labute approximate surface area is 220 Å². The van der Waals surface area contributed by atoms with Crippen LogP contribution >= 0.6 is 11.6 Å². The second-order valence-electron chi connectivity index (χ2n) is 8.38. The van der Waals surface area contributed by atoms with Crippen LogP contribution in [-0.4, -0.2) is 35.5 Å². The van der Waals surface area contributed by atoms with Gasteiger partial charge in [-0.05, 0) is 55.3 Å². The lowest BCUT2D eigenvalue weighted by atomic mass is 10.2. The van der Waals surface area contributed by atoms with E-state index in [1.807, 2.05) is 44.2 Å². The van der Waals surface area contributed by atoms with Crippen molar-refractivity contribution in [1.82, 2.24) is 15.8 Å². The van der Waals surface area contributed by atoms with Gasteiger partial charge in [-0.3, -0.25) is 15.0 Å². The molecule has 10 heteroatoms. The van der Waals surface area contributed by atoms with Crippen LogP contribution in [0.4, 0.5) is 4.79 Å². The highest BCUT2D eigenvalue weighted by atomic mass is 35.5. The monoisotopic (exact) mass is 524 g/mol. The Morgan fingerprint density at radius 3 is 2.30 bits per heavy atom. The molecule has 0 unspecified atom stereocenters. The largest absolute Gasteiger partial charge is 0.489 e. The summed E-state index contributed by atoms with van der Waals surface area (Å²) in [4.78, 5) is 36.7. The second-order valence-corrected chi connectivity index (χ2v) is 8.79. The molecule has 4 N–H and O–H groups in total. The second kappa shape index (κ2) is 13.2. The Kier molecular flexibility index (Phi) is 9.74. The van der Waals surface area contributed by atoms with Crippen LogP contribution in [0.3, 0.4) is 0 Å². The fraction of sp³-hybridized carbons (Fsp3) is 0.222. The average Bonchev–Trinajstić information content (AvgIpc) is 2.88. The van der Waals surface area contributed by atoms with Crippen molar-refractivity contribution in [2.45, 2.75) is 33.1 Å². The van der Waals surface area contributed by atoms with E-state index in [0.29, 0.717) is 23.7 Å². The summed E-state index contributed by atoms with van der Waals surface area (Å²) in [5.74, 6) is -0.194. The summed E-state index contributed by atoms with van der Waals surface area (Å²) in [6.07, 6.45) is -0.0863. The summed E-state index contributed by atoms with van der Waals surface area (Å²) in [6.45, 7) is 3.77. The number of nitrogens with two attached hydrogens (primary N) is 1. The van der Waals surface area contributed by atoms with Crippen LogP contribution in [0.1, 0.15) is 35.3 Å². The maximum absolute atomic E-state index is 12.9. The van der Waals surface area contributed by atoms with Gasteiger partial charge in [-0.1, -0.05) is 54.1 Å². The van der Waals surface area contributed by atoms with Gasteiger partial charge in [0.1, 0.15) is 18.1 Å². The number of amides is 4. The summed E-state index contributed by atoms with van der Waals surface area (Å²) < 4.78 is 11.4. The molecule has 4 amide bonds. The fourth-order valence-electron chi connectivity index (χ4n) is 3.21. The first-order chi connectivity index (χ1) is 17.7. The van der Waals surface area contributed by atoms with E-state index in [1.54, 1.807) is 30.3 Å². The molecule has 0 saturated heterocycles. The highest BCUT2D eigenvalue weighted by Crippen LogP contribution is 2.26. The summed E-state index contributed by atoms with van der Waals surface area (Å²) in [7, 11) is 0. The Hall–Kier alpha value is -4.24. The van der Waals surface area contributed by atoms with Gasteiger partial charge in [0.25, 0.3) is 5.91 Å². The van der Waals surface area contributed by atoms with Crippen LogP contribution in [-0.2, 0) is 17.9 Å². The van der Waals surface area contributed by atoms with Crippen molar-refractivity contribution in [2.24, 2.45) is 5.73 Å². The predicted molar refractivity (Wildman–Crippen MR) is 140 cm³/mol. The van der Waals surface area contributed by atoms with Gasteiger partial charge in [-0.25, -0.2) is 9.80 Å². The molecule has 0 aromatic heterocycles. The van der Waals surface area contributed by atoms with E-state index in [9.17, 15) is 14.4 Å². The Bertz CT molecular complexity index is 1220. The van der Waals surface area contributed by atoms with E-state index in [-0.39, 0.29) is 29.8 Å². The molecule has 0 heterocycles. The number of urea groups is 1. The highest BCUT2D eigenvalue weighted by Gasteiger charge is 2.19. The molecule has 0 saturated carbocycles. The van der Waals surface area contributed by atoms with Gasteiger partial charge >= 0.3 is 6.03 Å². The molecule has 37 heavy (non-hydrogen) atoms. The number of carbonyl (C=O) groups is 3. The summed E-state index contributed by atoms with van der Waals surface area (Å²) >= 11 is 6.25. The van der Waals surface area contributed by atoms with Crippen molar-refractivity contribution in [3.63, 3.8) is 0 Å². The third kappa shape index (κ3) is 8.73. The number of primary amides is 1. The van der Waals surface area contributed by atoms with E-state index in [4.69, 9.17) is 26.8 Å². The summed E-state index contributed by atoms with van der Waals surface area (Å²) in [5.41, 5.74) is 9.66. The molecule has 194 valence electrons. The van der Waals surface area contributed by atoms with Crippen molar-refractivity contribution >= 4 is 29.4 Å². The number of nitrogens with one attached hydrogen (secondary N) is 2. The van der Waals surface area contributed by atoms with Crippen molar-refractivity contribution in [2.75, 3.05) is 6.54 Å². The van der Waals surface area contributed by atoms with Crippen molar-refractivity contribution in [3.8, 4) is 11.5 Å². The Balaban J connectivity index is 1.69. The number of benzene rings is 3. The van der Waals surface area contributed by atoms with E-state index < -0.39 is 17.8 Å². The van der Waals surface area contributed by atoms with Gasteiger partial charge in [0, 0.05) is 5.56 Å². The van der Waals surface area contributed by atoms with E-state index in [1.165, 1.54) is 12.1 Å². The number of ether oxygens (including phenoxy) is 2. The van der Waals surface area contributed by atoms with Crippen LogP contribution in [0.25, 0.3) is 0 Å². The van der Waals surface area contributed by atoms with Gasteiger partial charge in [0.2, 0.25) is 5.91 Å². The van der Waals surface area contributed by atoms with Gasteiger partial charge < -0.3 is 20.5 Å². The number of rotatable bonds is 10. The molecule has 0 fully saturated rings. The zero-order valence-corrected chi connectivity index (χ0v) is 21.3. The summed E-state index contributed by atoms with van der Waals surface area (Å²) in [5, 5.41) is 3.69. The molecule has 3 aromatic carbocycles. The molecule has 3 aromatic rings. The molecule has 9 nitrogen and oxygen atoms in total. The molecule has 0 radical (unpaired) electrons. The van der Waals surface area contributed by atoms with Crippen LogP contribution in [0.2, 0.25) is 5.02 Å².